The zero-order chi connectivity index (χ0) is 20.6. The van der Waals surface area contributed by atoms with Gasteiger partial charge in [0, 0.05) is 17.1 Å². The van der Waals surface area contributed by atoms with Gasteiger partial charge >= 0.3 is 12.1 Å². The summed E-state index contributed by atoms with van der Waals surface area (Å²) in [5.41, 5.74) is 2.08. The van der Waals surface area contributed by atoms with Crippen molar-refractivity contribution >= 4 is 16.9 Å². The Bertz CT molecular complexity index is 1210. The van der Waals surface area contributed by atoms with Gasteiger partial charge < -0.3 is 5.11 Å². The smallest absolute Gasteiger partial charge is 0.416 e. The van der Waals surface area contributed by atoms with E-state index in [0.717, 1.165) is 23.1 Å². The second-order valence-corrected chi connectivity index (χ2v) is 6.65. The highest BCUT2D eigenvalue weighted by Crippen LogP contribution is 2.31. The Morgan fingerprint density at radius 1 is 1.00 bits per heavy atom. The number of hydrogen-bond donors (Lipinski definition) is 1. The Balaban J connectivity index is 1.72. The second kappa shape index (κ2) is 7.09. The lowest BCUT2D eigenvalue weighted by atomic mass is 10.0. The summed E-state index contributed by atoms with van der Waals surface area (Å²) in [6, 6.07) is 17.2. The van der Waals surface area contributed by atoms with E-state index >= 15 is 0 Å². The molecular weight excluding hydrogens is 381 g/mol. The molecule has 0 unspecified atom stereocenters. The number of fused-ring (bicyclic) bond motifs is 1. The van der Waals surface area contributed by atoms with Gasteiger partial charge in [-0.05, 0) is 35.4 Å². The molecule has 1 N–H and O–H groups in total. The lowest BCUT2D eigenvalue weighted by molar-refractivity contribution is -0.137. The molecule has 0 saturated heterocycles. The molecule has 3 aromatic carbocycles. The minimum atomic E-state index is -4.40. The predicted molar refractivity (Wildman–Crippen MR) is 103 cm³/mol. The fraction of sp³-hybridized carbons (Fsp3) is 0.0909. The first-order valence-corrected chi connectivity index (χ1v) is 8.77. The first-order valence-electron chi connectivity index (χ1n) is 8.77. The first kappa shape index (κ1) is 18.7. The fourth-order valence-electron chi connectivity index (χ4n) is 3.26. The number of carboxylic acid groups (broad SMARTS) is 1. The van der Waals surface area contributed by atoms with Crippen LogP contribution in [0.15, 0.2) is 72.9 Å². The summed E-state index contributed by atoms with van der Waals surface area (Å²) in [4.78, 5) is 11.3. The SMILES string of the molecule is O=C(O)c1cccc(-c2cccc3cn(Cc4cccc(C(F)(F)F)c4)nc23)c1. The van der Waals surface area contributed by atoms with Crippen LogP contribution in [0.3, 0.4) is 0 Å². The van der Waals surface area contributed by atoms with E-state index < -0.39 is 17.7 Å². The van der Waals surface area contributed by atoms with Gasteiger partial charge in [0.25, 0.3) is 0 Å². The van der Waals surface area contributed by atoms with Gasteiger partial charge in [-0.15, -0.1) is 0 Å². The number of benzene rings is 3. The number of carbonyl (C=O) groups is 1. The normalized spacial score (nSPS) is 11.7. The summed E-state index contributed by atoms with van der Waals surface area (Å²) in [6.07, 6.45) is -2.63. The zero-order valence-electron chi connectivity index (χ0n) is 15.0. The molecule has 1 heterocycles. The summed E-state index contributed by atoms with van der Waals surface area (Å²) in [5.74, 6) is -1.02. The lowest BCUT2D eigenvalue weighted by Crippen LogP contribution is -2.07. The van der Waals surface area contributed by atoms with Crippen LogP contribution in [-0.2, 0) is 12.7 Å². The molecule has 4 aromatic rings. The molecule has 0 radical (unpaired) electrons. The number of aromatic carboxylic acids is 1. The number of aromatic nitrogens is 2. The highest BCUT2D eigenvalue weighted by Gasteiger charge is 2.30. The van der Waals surface area contributed by atoms with Crippen LogP contribution in [0.5, 0.6) is 0 Å². The van der Waals surface area contributed by atoms with Crippen LogP contribution < -0.4 is 0 Å². The van der Waals surface area contributed by atoms with Gasteiger partial charge in [-0.3, -0.25) is 4.68 Å². The quantitative estimate of drug-likeness (QED) is 0.498. The molecule has 0 amide bonds. The topological polar surface area (TPSA) is 55.1 Å². The molecule has 4 nitrogen and oxygen atoms in total. The third-order valence-corrected chi connectivity index (χ3v) is 4.60. The second-order valence-electron chi connectivity index (χ2n) is 6.65. The number of halogens is 3. The van der Waals surface area contributed by atoms with Crippen molar-refractivity contribution in [3.63, 3.8) is 0 Å². The van der Waals surface area contributed by atoms with Gasteiger partial charge in [-0.1, -0.05) is 42.5 Å². The van der Waals surface area contributed by atoms with E-state index in [2.05, 4.69) is 5.10 Å². The summed E-state index contributed by atoms with van der Waals surface area (Å²) >= 11 is 0. The number of hydrogen-bond acceptors (Lipinski definition) is 2. The molecule has 0 aliphatic rings. The maximum absolute atomic E-state index is 12.9. The molecular formula is C22H15F3N2O2. The summed E-state index contributed by atoms with van der Waals surface area (Å²) < 4.78 is 40.4. The Labute approximate surface area is 163 Å². The maximum Gasteiger partial charge on any atom is 0.416 e. The Morgan fingerprint density at radius 2 is 1.76 bits per heavy atom. The standard InChI is InChI=1S/C22H15F3N2O2/c23-22(24,25)18-8-1-4-14(10-18)12-27-13-17-7-3-9-19(20(17)26-27)15-5-2-6-16(11-15)21(28)29/h1-11,13H,12H2,(H,28,29). The van der Waals surface area contributed by atoms with E-state index in [4.69, 9.17) is 0 Å². The van der Waals surface area contributed by atoms with Crippen LogP contribution in [-0.4, -0.2) is 20.9 Å². The first-order chi connectivity index (χ1) is 13.8. The van der Waals surface area contributed by atoms with E-state index in [1.54, 1.807) is 35.1 Å². The van der Waals surface area contributed by atoms with Crippen molar-refractivity contribution in [3.05, 3.63) is 89.6 Å². The summed E-state index contributed by atoms with van der Waals surface area (Å²) in [6.45, 7) is 0.188. The van der Waals surface area contributed by atoms with Gasteiger partial charge in [-0.25, -0.2) is 4.79 Å². The monoisotopic (exact) mass is 396 g/mol. The molecule has 0 spiro atoms. The summed E-state index contributed by atoms with van der Waals surface area (Å²) in [5, 5.41) is 14.6. The fourth-order valence-corrected chi connectivity index (χ4v) is 3.26. The molecule has 0 aliphatic heterocycles. The van der Waals surface area contributed by atoms with E-state index in [0.29, 0.717) is 16.6 Å². The zero-order valence-corrected chi connectivity index (χ0v) is 15.0. The van der Waals surface area contributed by atoms with Gasteiger partial charge in [0.15, 0.2) is 0 Å². The average Bonchev–Trinajstić information content (AvgIpc) is 3.10. The lowest BCUT2D eigenvalue weighted by Gasteiger charge is -2.08. The van der Waals surface area contributed by atoms with Gasteiger partial charge in [0.05, 0.1) is 17.7 Å². The molecule has 0 saturated carbocycles. The van der Waals surface area contributed by atoms with E-state index in [-0.39, 0.29) is 12.1 Å². The number of nitrogens with zero attached hydrogens (tertiary/aromatic N) is 2. The van der Waals surface area contributed by atoms with Crippen LogP contribution in [0.4, 0.5) is 13.2 Å². The largest absolute Gasteiger partial charge is 0.478 e. The van der Waals surface area contributed by atoms with Crippen molar-refractivity contribution in [1.29, 1.82) is 0 Å². The van der Waals surface area contributed by atoms with Crippen molar-refractivity contribution in [2.75, 3.05) is 0 Å². The number of carboxylic acids is 1. The van der Waals surface area contributed by atoms with Crippen LogP contribution in [0.25, 0.3) is 22.0 Å². The third-order valence-electron chi connectivity index (χ3n) is 4.60. The molecule has 1 aromatic heterocycles. The van der Waals surface area contributed by atoms with Gasteiger partial charge in [0.2, 0.25) is 0 Å². The molecule has 0 bridgehead atoms. The van der Waals surface area contributed by atoms with Crippen molar-refractivity contribution < 1.29 is 23.1 Å². The van der Waals surface area contributed by atoms with Crippen LogP contribution in [0, 0.1) is 0 Å². The highest BCUT2D eigenvalue weighted by atomic mass is 19.4. The third kappa shape index (κ3) is 3.85. The highest BCUT2D eigenvalue weighted by molar-refractivity contribution is 5.95. The minimum absolute atomic E-state index is 0.169. The van der Waals surface area contributed by atoms with Gasteiger partial charge in [0.1, 0.15) is 5.52 Å². The van der Waals surface area contributed by atoms with Crippen molar-refractivity contribution in [1.82, 2.24) is 9.78 Å². The molecule has 146 valence electrons. The molecule has 4 rings (SSSR count). The van der Waals surface area contributed by atoms with Crippen molar-refractivity contribution in [3.8, 4) is 11.1 Å². The Morgan fingerprint density at radius 3 is 2.52 bits per heavy atom. The molecule has 0 aliphatic carbocycles. The van der Waals surface area contributed by atoms with E-state index in [1.165, 1.54) is 12.1 Å². The summed E-state index contributed by atoms with van der Waals surface area (Å²) in [7, 11) is 0. The Hall–Kier alpha value is -3.61. The number of rotatable bonds is 4. The average molecular weight is 396 g/mol. The van der Waals surface area contributed by atoms with Crippen LogP contribution >= 0.6 is 0 Å². The predicted octanol–water partition coefficient (Wildman–Crippen LogP) is 5.47. The van der Waals surface area contributed by atoms with Crippen LogP contribution in [0.2, 0.25) is 0 Å². The number of alkyl halides is 3. The molecule has 0 fully saturated rings. The van der Waals surface area contributed by atoms with Crippen molar-refractivity contribution in [2.45, 2.75) is 12.7 Å². The Kier molecular flexibility index (Phi) is 4.58. The van der Waals surface area contributed by atoms with Crippen LogP contribution in [0.1, 0.15) is 21.5 Å². The minimum Gasteiger partial charge on any atom is -0.478 e. The molecule has 29 heavy (non-hydrogen) atoms. The van der Waals surface area contributed by atoms with Crippen molar-refractivity contribution in [2.24, 2.45) is 0 Å². The van der Waals surface area contributed by atoms with E-state index in [1.807, 2.05) is 18.2 Å². The van der Waals surface area contributed by atoms with E-state index in [9.17, 15) is 23.1 Å². The molecule has 0 atom stereocenters. The maximum atomic E-state index is 12.9. The van der Waals surface area contributed by atoms with Gasteiger partial charge in [-0.2, -0.15) is 18.3 Å². The molecule has 7 heteroatoms.